The van der Waals surface area contributed by atoms with Crippen LogP contribution in [0.25, 0.3) is 0 Å². The Balaban J connectivity index is 0.000000544. The lowest BCUT2D eigenvalue weighted by atomic mass is 9.72. The second kappa shape index (κ2) is 19.6. The number of likely N-dealkylation sites (tertiary alicyclic amines) is 1. The van der Waals surface area contributed by atoms with Gasteiger partial charge in [0.1, 0.15) is 11.4 Å². The van der Waals surface area contributed by atoms with E-state index in [1.165, 1.54) is 37.9 Å². The number of piperidine rings is 1. The van der Waals surface area contributed by atoms with E-state index in [1.54, 1.807) is 13.1 Å². The van der Waals surface area contributed by atoms with Crippen LogP contribution in [0.15, 0.2) is 48.7 Å². The Labute approximate surface area is 271 Å². The Kier molecular flexibility index (Phi) is 16.6. The van der Waals surface area contributed by atoms with Crippen LogP contribution in [-0.4, -0.2) is 94.0 Å². The minimum absolute atomic E-state index is 0.0440. The highest BCUT2D eigenvalue weighted by atomic mass is 35.5. The molecule has 5 atom stereocenters. The van der Waals surface area contributed by atoms with Crippen molar-refractivity contribution in [3.63, 3.8) is 0 Å². The van der Waals surface area contributed by atoms with E-state index in [0.29, 0.717) is 35.5 Å². The molecule has 45 heavy (non-hydrogen) atoms. The average Bonchev–Trinajstić information content (AvgIpc) is 3.01. The molecule has 6 N–H and O–H groups in total. The van der Waals surface area contributed by atoms with Gasteiger partial charge in [-0.3, -0.25) is 29.8 Å². The lowest BCUT2D eigenvalue weighted by Crippen LogP contribution is -2.60. The molecule has 0 spiro atoms. The number of benzene rings is 1. The summed E-state index contributed by atoms with van der Waals surface area (Å²) in [6.45, 7) is 7.40. The van der Waals surface area contributed by atoms with Crippen molar-refractivity contribution < 1.29 is 30.0 Å². The summed E-state index contributed by atoms with van der Waals surface area (Å²) in [5, 5.41) is 32.8. The van der Waals surface area contributed by atoms with Gasteiger partial charge >= 0.3 is 0 Å². The molecule has 1 saturated carbocycles. The monoisotopic (exact) mass is 647 g/mol. The van der Waals surface area contributed by atoms with Gasteiger partial charge in [-0.25, -0.2) is 4.98 Å². The van der Waals surface area contributed by atoms with Gasteiger partial charge in [-0.15, -0.1) is 0 Å². The lowest BCUT2D eigenvalue weighted by Gasteiger charge is -2.47. The molecular weight excluding hydrogens is 598 g/mol. The van der Waals surface area contributed by atoms with Gasteiger partial charge in [0.15, 0.2) is 0 Å². The molecule has 11 nitrogen and oxygen atoms in total. The van der Waals surface area contributed by atoms with Crippen LogP contribution in [0.1, 0.15) is 68.8 Å². The number of fused-ring (bicyclic) bond motifs is 1. The number of amides is 2. The van der Waals surface area contributed by atoms with E-state index in [4.69, 9.17) is 22.1 Å². The van der Waals surface area contributed by atoms with Crippen LogP contribution in [0.3, 0.4) is 0 Å². The van der Waals surface area contributed by atoms with E-state index < -0.39 is 12.1 Å². The number of β-amino-alcohol motifs (C(OH)–C–C–N with tert-alkyl or cyclic N) is 1. The Morgan fingerprint density at radius 2 is 1.78 bits per heavy atom. The van der Waals surface area contributed by atoms with Gasteiger partial charge in [-0.05, 0) is 76.6 Å². The third-order valence-electron chi connectivity index (χ3n) is 8.06. The summed E-state index contributed by atoms with van der Waals surface area (Å²) in [6.07, 6.45) is 7.69. The number of hydrogen-bond acceptors (Lipinski definition) is 9. The molecule has 2 aliphatic rings. The van der Waals surface area contributed by atoms with Gasteiger partial charge in [0.25, 0.3) is 0 Å². The zero-order valence-electron chi connectivity index (χ0n) is 26.8. The maximum Gasteiger partial charge on any atom is 0.237 e. The summed E-state index contributed by atoms with van der Waals surface area (Å²) in [7, 11) is 1.73. The smallest absolute Gasteiger partial charge is 0.237 e. The molecule has 250 valence electrons. The quantitative estimate of drug-likeness (QED) is 0.0977. The van der Waals surface area contributed by atoms with Gasteiger partial charge < -0.3 is 21.1 Å². The van der Waals surface area contributed by atoms with Crippen molar-refractivity contribution in [1.29, 1.82) is 0 Å². The summed E-state index contributed by atoms with van der Waals surface area (Å²) in [4.78, 5) is 41.6. The number of aliphatic hydroxyl groups is 1. The van der Waals surface area contributed by atoms with Crippen molar-refractivity contribution in [2.24, 2.45) is 11.8 Å². The zero-order valence-corrected chi connectivity index (χ0v) is 27.5. The number of likely N-dealkylation sites (N-methyl/N-ethyl adjacent to an activating group) is 1. The van der Waals surface area contributed by atoms with Crippen LogP contribution < -0.4 is 16.0 Å². The number of rotatable bonds is 10. The van der Waals surface area contributed by atoms with Crippen molar-refractivity contribution in [1.82, 2.24) is 25.8 Å². The summed E-state index contributed by atoms with van der Waals surface area (Å²) < 4.78 is 0. The fourth-order valence-corrected chi connectivity index (χ4v) is 6.24. The molecule has 1 aliphatic heterocycles. The number of aromatic nitrogens is 1. The fourth-order valence-electron chi connectivity index (χ4n) is 6.05. The maximum atomic E-state index is 13.3. The number of carbonyl (C=O) groups is 3. The second-order valence-electron chi connectivity index (χ2n) is 12.7. The van der Waals surface area contributed by atoms with Gasteiger partial charge in [0.05, 0.1) is 24.7 Å². The van der Waals surface area contributed by atoms with Crippen molar-refractivity contribution in [2.45, 2.75) is 83.0 Å². The maximum absolute atomic E-state index is 13.3. The standard InChI is InChI=1S/C27H44N4O3.C6H4ClNO.H2O2/c1-27(2,3)30-26(34)23-15-20-12-8-9-13-21(20)17-31(23)18-24(32)22(29-25(33)16-28-4)14-19-10-6-5-7-11-19;7-6-3-5(4-9)1-2-8-6;1-2/h5-7,10-11,20-24,28,32H,8-9,12-18H2,1-4H3,(H,29,33)(H,30,34);1-4H;1-2H. The molecule has 0 bridgehead atoms. The summed E-state index contributed by atoms with van der Waals surface area (Å²) in [5.41, 5.74) is 1.31. The largest absolute Gasteiger partial charge is 0.390 e. The number of halogens is 1. The summed E-state index contributed by atoms with van der Waals surface area (Å²) in [6, 6.07) is 12.3. The van der Waals surface area contributed by atoms with Gasteiger partial charge in [0, 0.05) is 30.4 Å². The van der Waals surface area contributed by atoms with E-state index >= 15 is 0 Å². The number of nitrogens with zero attached hydrogens (tertiary/aromatic N) is 2. The van der Waals surface area contributed by atoms with Gasteiger partial charge in [0.2, 0.25) is 11.8 Å². The van der Waals surface area contributed by atoms with Crippen LogP contribution in [0.2, 0.25) is 5.15 Å². The molecule has 2 amide bonds. The van der Waals surface area contributed by atoms with Gasteiger partial charge in [-0.2, -0.15) is 0 Å². The van der Waals surface area contributed by atoms with E-state index in [1.807, 2.05) is 51.1 Å². The molecule has 2 heterocycles. The van der Waals surface area contributed by atoms with Crippen LogP contribution >= 0.6 is 11.6 Å². The molecule has 1 aromatic heterocycles. The number of pyridine rings is 1. The van der Waals surface area contributed by atoms with Crippen LogP contribution in [-0.2, 0) is 16.0 Å². The predicted octanol–water partition coefficient (Wildman–Crippen LogP) is 3.65. The fraction of sp³-hybridized carbons (Fsp3) is 0.576. The van der Waals surface area contributed by atoms with Crippen LogP contribution in [0, 0.1) is 11.8 Å². The van der Waals surface area contributed by atoms with E-state index in [9.17, 15) is 19.5 Å². The normalized spacial score (nSPS) is 20.9. The molecule has 5 unspecified atom stereocenters. The third kappa shape index (κ3) is 13.5. The Hall–Kier alpha value is -2.93. The van der Waals surface area contributed by atoms with Crippen molar-refractivity contribution in [2.75, 3.05) is 26.7 Å². The molecule has 4 rings (SSSR count). The first-order valence-electron chi connectivity index (χ1n) is 15.5. The first-order valence-corrected chi connectivity index (χ1v) is 15.9. The molecular formula is C33H50ClN5O6. The minimum atomic E-state index is -0.786. The Morgan fingerprint density at radius 3 is 2.36 bits per heavy atom. The first-order chi connectivity index (χ1) is 21.5. The molecule has 1 aliphatic carbocycles. The van der Waals surface area contributed by atoms with Crippen molar-refractivity contribution in [3.8, 4) is 0 Å². The summed E-state index contributed by atoms with van der Waals surface area (Å²) in [5.74, 6) is 1.05. The topological polar surface area (TPSA) is 164 Å². The highest BCUT2D eigenvalue weighted by molar-refractivity contribution is 6.29. The molecule has 1 aromatic carbocycles. The van der Waals surface area contributed by atoms with Crippen LogP contribution in [0.4, 0.5) is 0 Å². The molecule has 1 saturated heterocycles. The Morgan fingerprint density at radius 1 is 1.11 bits per heavy atom. The minimum Gasteiger partial charge on any atom is -0.390 e. The third-order valence-corrected chi connectivity index (χ3v) is 8.26. The predicted molar refractivity (Wildman–Crippen MR) is 175 cm³/mol. The molecule has 2 fully saturated rings. The Bertz CT molecular complexity index is 1180. The number of aliphatic hydroxyl groups excluding tert-OH is 1. The molecule has 0 radical (unpaired) electrons. The number of carbonyl (C=O) groups excluding carboxylic acids is 3. The van der Waals surface area contributed by atoms with E-state index in [2.05, 4.69) is 25.8 Å². The average molecular weight is 648 g/mol. The number of hydrogen-bond donors (Lipinski definition) is 6. The summed E-state index contributed by atoms with van der Waals surface area (Å²) >= 11 is 5.45. The molecule has 12 heteroatoms. The second-order valence-corrected chi connectivity index (χ2v) is 13.1. The zero-order chi connectivity index (χ0) is 33.4. The number of aldehydes is 1. The highest BCUT2D eigenvalue weighted by Crippen LogP contribution is 2.39. The van der Waals surface area contributed by atoms with Gasteiger partial charge in [-0.1, -0.05) is 61.2 Å². The SMILES string of the molecule is CNCC(=O)NC(Cc1ccccc1)C(O)CN1CC2CCCCC2CC1C(=O)NC(C)(C)C.O=Cc1ccnc(Cl)c1.OO. The van der Waals surface area contributed by atoms with E-state index in [0.717, 1.165) is 24.8 Å². The first kappa shape index (κ1) is 38.3. The lowest BCUT2D eigenvalue weighted by molar-refractivity contribution is -0.176. The van der Waals surface area contributed by atoms with Crippen molar-refractivity contribution in [3.05, 3.63) is 64.9 Å². The van der Waals surface area contributed by atoms with Crippen LogP contribution in [0.5, 0.6) is 0 Å². The molecule has 2 aromatic rings. The highest BCUT2D eigenvalue weighted by Gasteiger charge is 2.41. The number of nitrogens with one attached hydrogen (secondary N) is 3. The van der Waals surface area contributed by atoms with E-state index in [-0.39, 0.29) is 29.9 Å². The van der Waals surface area contributed by atoms with Crippen molar-refractivity contribution >= 4 is 29.7 Å².